The van der Waals surface area contributed by atoms with E-state index in [0.29, 0.717) is 12.3 Å². The van der Waals surface area contributed by atoms with Gasteiger partial charge in [0.2, 0.25) is 5.89 Å². The number of carbonyl (C=O) groups is 1. The molecule has 0 amide bonds. The summed E-state index contributed by atoms with van der Waals surface area (Å²) < 4.78 is 5.36. The molecule has 2 fully saturated rings. The van der Waals surface area contributed by atoms with Crippen LogP contribution in [-0.2, 0) is 10.5 Å². The Kier molecular flexibility index (Phi) is 4.83. The van der Waals surface area contributed by atoms with Crippen molar-refractivity contribution < 1.29 is 14.4 Å². The monoisotopic (exact) mass is 310 g/mol. The van der Waals surface area contributed by atoms with Crippen LogP contribution in [0.3, 0.4) is 0 Å². The predicted molar refractivity (Wildman–Crippen MR) is 80.2 cm³/mol. The quantitative estimate of drug-likeness (QED) is 0.895. The van der Waals surface area contributed by atoms with E-state index in [2.05, 4.69) is 10.1 Å². The normalized spacial score (nSPS) is 27.0. The first-order valence-corrected chi connectivity index (χ1v) is 8.96. The van der Waals surface area contributed by atoms with Gasteiger partial charge in [0.15, 0.2) is 5.82 Å². The van der Waals surface area contributed by atoms with Gasteiger partial charge < -0.3 is 9.63 Å². The molecule has 2 aliphatic carbocycles. The van der Waals surface area contributed by atoms with E-state index in [4.69, 9.17) is 4.52 Å². The van der Waals surface area contributed by atoms with Crippen LogP contribution in [0.1, 0.15) is 69.0 Å². The lowest BCUT2D eigenvalue weighted by molar-refractivity contribution is -0.143. The first-order valence-electron chi connectivity index (χ1n) is 7.91. The number of nitrogens with zero attached hydrogens (tertiary/aromatic N) is 2. The van der Waals surface area contributed by atoms with Gasteiger partial charge >= 0.3 is 5.97 Å². The molecule has 0 aliphatic heterocycles. The topological polar surface area (TPSA) is 76.2 Å². The van der Waals surface area contributed by atoms with Gasteiger partial charge in [-0.15, -0.1) is 0 Å². The van der Waals surface area contributed by atoms with E-state index in [1.807, 2.05) is 11.8 Å². The number of aliphatic carboxylic acids is 1. The molecular weight excluding hydrogens is 288 g/mol. The van der Waals surface area contributed by atoms with Crippen LogP contribution in [0, 0.1) is 5.92 Å². The lowest BCUT2D eigenvalue weighted by Gasteiger charge is -2.25. The summed E-state index contributed by atoms with van der Waals surface area (Å²) in [4.78, 5) is 15.8. The zero-order chi connectivity index (χ0) is 14.7. The number of rotatable bonds is 5. The fourth-order valence-electron chi connectivity index (χ4n) is 3.45. The molecule has 2 atom stereocenters. The molecule has 0 spiro atoms. The minimum atomic E-state index is -0.736. The van der Waals surface area contributed by atoms with Crippen LogP contribution < -0.4 is 0 Å². The van der Waals surface area contributed by atoms with Gasteiger partial charge in [-0.05, 0) is 25.7 Å². The average molecular weight is 310 g/mol. The Morgan fingerprint density at radius 3 is 2.67 bits per heavy atom. The van der Waals surface area contributed by atoms with Gasteiger partial charge in [0.25, 0.3) is 0 Å². The van der Waals surface area contributed by atoms with Crippen molar-refractivity contribution in [1.82, 2.24) is 10.1 Å². The molecule has 0 aromatic carbocycles. The van der Waals surface area contributed by atoms with Crippen LogP contribution in [0.25, 0.3) is 0 Å². The molecule has 5 nitrogen and oxygen atoms in total. The molecule has 0 radical (unpaired) electrons. The van der Waals surface area contributed by atoms with E-state index in [1.54, 1.807) is 0 Å². The molecular formula is C15H22N2O3S. The highest BCUT2D eigenvalue weighted by Crippen LogP contribution is 2.37. The van der Waals surface area contributed by atoms with Crippen LogP contribution >= 0.6 is 11.8 Å². The maximum atomic E-state index is 11.4. The van der Waals surface area contributed by atoms with E-state index in [-0.39, 0.29) is 11.8 Å². The summed E-state index contributed by atoms with van der Waals surface area (Å²) >= 11 is 1.90. The molecule has 21 heavy (non-hydrogen) atoms. The van der Waals surface area contributed by atoms with Crippen molar-refractivity contribution >= 4 is 17.7 Å². The standard InChI is InChI=1S/C15H22N2O3S/c18-15(19)12-8-4-3-7-11(12)14-16-13(17-20-14)9-21-10-5-1-2-6-10/h10-12H,1-9H2,(H,18,19). The third-order valence-corrected chi connectivity index (χ3v) is 6.00. The van der Waals surface area contributed by atoms with Gasteiger partial charge in [0, 0.05) is 5.25 Å². The van der Waals surface area contributed by atoms with Crippen molar-refractivity contribution in [2.24, 2.45) is 5.92 Å². The average Bonchev–Trinajstić information content (AvgIpc) is 3.16. The fraction of sp³-hybridized carbons (Fsp3) is 0.800. The largest absolute Gasteiger partial charge is 0.481 e. The van der Waals surface area contributed by atoms with Gasteiger partial charge in [-0.3, -0.25) is 4.79 Å². The Labute approximate surface area is 128 Å². The molecule has 6 heteroatoms. The van der Waals surface area contributed by atoms with Crippen molar-refractivity contribution in [2.45, 2.75) is 68.3 Å². The lowest BCUT2D eigenvalue weighted by Crippen LogP contribution is -2.25. The predicted octanol–water partition coefficient (Wildman–Crippen LogP) is 3.60. The molecule has 0 bridgehead atoms. The Hall–Kier alpha value is -1.04. The van der Waals surface area contributed by atoms with Gasteiger partial charge in [0.1, 0.15) is 0 Å². The molecule has 116 valence electrons. The molecule has 3 rings (SSSR count). The minimum Gasteiger partial charge on any atom is -0.481 e. The Morgan fingerprint density at radius 1 is 1.19 bits per heavy atom. The lowest BCUT2D eigenvalue weighted by atomic mass is 9.79. The van der Waals surface area contributed by atoms with Gasteiger partial charge in [0.05, 0.1) is 17.6 Å². The van der Waals surface area contributed by atoms with Gasteiger partial charge in [-0.1, -0.05) is 30.8 Å². The Balaban J connectivity index is 1.61. The van der Waals surface area contributed by atoms with Crippen LogP contribution in [0.5, 0.6) is 0 Å². The number of aromatic nitrogens is 2. The van der Waals surface area contributed by atoms with Crippen molar-refractivity contribution in [3.63, 3.8) is 0 Å². The zero-order valence-electron chi connectivity index (χ0n) is 12.2. The first-order chi connectivity index (χ1) is 10.2. The first kappa shape index (κ1) is 14.9. The van der Waals surface area contributed by atoms with E-state index in [9.17, 15) is 9.90 Å². The number of thioether (sulfide) groups is 1. The van der Waals surface area contributed by atoms with E-state index in [0.717, 1.165) is 36.1 Å². The van der Waals surface area contributed by atoms with Gasteiger partial charge in [-0.25, -0.2) is 0 Å². The maximum Gasteiger partial charge on any atom is 0.307 e. The molecule has 1 heterocycles. The van der Waals surface area contributed by atoms with E-state index >= 15 is 0 Å². The van der Waals surface area contributed by atoms with Crippen molar-refractivity contribution in [2.75, 3.05) is 0 Å². The van der Waals surface area contributed by atoms with Crippen molar-refractivity contribution in [3.8, 4) is 0 Å². The maximum absolute atomic E-state index is 11.4. The second-order valence-corrected chi connectivity index (χ2v) is 7.39. The minimum absolute atomic E-state index is 0.103. The third-order valence-electron chi connectivity index (χ3n) is 4.63. The molecule has 2 unspecified atom stereocenters. The van der Waals surface area contributed by atoms with Crippen LogP contribution in [-0.4, -0.2) is 26.5 Å². The fourth-order valence-corrected chi connectivity index (χ4v) is 4.61. The molecule has 2 aliphatic rings. The Morgan fingerprint density at radius 2 is 1.90 bits per heavy atom. The Bertz CT molecular complexity index is 485. The number of carboxylic acid groups (broad SMARTS) is 1. The molecule has 1 N–H and O–H groups in total. The van der Waals surface area contributed by atoms with E-state index < -0.39 is 5.97 Å². The summed E-state index contributed by atoms with van der Waals surface area (Å²) in [6, 6.07) is 0. The smallest absolute Gasteiger partial charge is 0.307 e. The summed E-state index contributed by atoms with van der Waals surface area (Å²) in [6.45, 7) is 0. The summed E-state index contributed by atoms with van der Waals surface area (Å²) in [6.07, 6.45) is 8.82. The highest BCUT2D eigenvalue weighted by molar-refractivity contribution is 7.99. The summed E-state index contributed by atoms with van der Waals surface area (Å²) in [7, 11) is 0. The zero-order valence-corrected chi connectivity index (χ0v) is 13.0. The molecule has 0 saturated heterocycles. The summed E-state index contributed by atoms with van der Waals surface area (Å²) in [5.74, 6) is 0.822. The highest BCUT2D eigenvalue weighted by atomic mass is 32.2. The third kappa shape index (κ3) is 3.59. The highest BCUT2D eigenvalue weighted by Gasteiger charge is 2.35. The molecule has 2 saturated carbocycles. The van der Waals surface area contributed by atoms with Crippen LogP contribution in [0.2, 0.25) is 0 Å². The van der Waals surface area contributed by atoms with Crippen LogP contribution in [0.15, 0.2) is 4.52 Å². The summed E-state index contributed by atoms with van der Waals surface area (Å²) in [5.41, 5.74) is 0. The second-order valence-electron chi connectivity index (χ2n) is 6.10. The SMILES string of the molecule is O=C(O)C1CCCCC1c1nc(CSC2CCCC2)no1. The molecule has 1 aromatic heterocycles. The van der Waals surface area contributed by atoms with Crippen LogP contribution in [0.4, 0.5) is 0 Å². The molecule has 1 aromatic rings. The van der Waals surface area contributed by atoms with Crippen molar-refractivity contribution in [3.05, 3.63) is 11.7 Å². The van der Waals surface area contributed by atoms with Crippen molar-refractivity contribution in [1.29, 1.82) is 0 Å². The van der Waals surface area contributed by atoms with Gasteiger partial charge in [-0.2, -0.15) is 16.7 Å². The van der Waals surface area contributed by atoms with E-state index in [1.165, 1.54) is 25.7 Å². The second kappa shape index (κ2) is 6.81. The number of hydrogen-bond donors (Lipinski definition) is 1. The number of hydrogen-bond acceptors (Lipinski definition) is 5. The summed E-state index contributed by atoms with van der Waals surface area (Å²) in [5, 5.41) is 14.1. The number of carboxylic acids is 1.